The predicted octanol–water partition coefficient (Wildman–Crippen LogP) is -0.0640. The van der Waals surface area contributed by atoms with Gasteiger partial charge in [-0.25, -0.2) is 0 Å². The summed E-state index contributed by atoms with van der Waals surface area (Å²) in [5.41, 5.74) is 10.7. The summed E-state index contributed by atoms with van der Waals surface area (Å²) in [6, 6.07) is -0.0793. The number of amides is 1. The lowest BCUT2D eigenvalue weighted by Gasteiger charge is -2.28. The minimum atomic E-state index is -0.547. The van der Waals surface area contributed by atoms with Crippen molar-refractivity contribution in [3.8, 4) is 0 Å². The van der Waals surface area contributed by atoms with E-state index in [4.69, 9.17) is 16.2 Å². The first-order valence-corrected chi connectivity index (χ1v) is 5.80. The second-order valence-electron chi connectivity index (χ2n) is 4.08. The van der Waals surface area contributed by atoms with Gasteiger partial charge in [-0.05, 0) is 19.8 Å². The monoisotopic (exact) mass is 231 g/mol. The smallest absolute Gasteiger partial charge is 0.234 e. The largest absolute Gasteiger partial charge is 0.383 e. The first-order valence-electron chi connectivity index (χ1n) is 5.80. The van der Waals surface area contributed by atoms with E-state index in [9.17, 15) is 4.79 Å². The van der Waals surface area contributed by atoms with Crippen molar-refractivity contribution in [2.45, 2.75) is 38.8 Å². The fraction of sp³-hybridized carbons (Fsp3) is 0.909. The molecular formula is C11H25N3O2. The number of hydrogen-bond acceptors (Lipinski definition) is 4. The maximum atomic E-state index is 10.8. The molecule has 0 heterocycles. The van der Waals surface area contributed by atoms with Gasteiger partial charge >= 0.3 is 0 Å². The first kappa shape index (κ1) is 15.3. The number of methoxy groups -OCH3 is 1. The van der Waals surface area contributed by atoms with Gasteiger partial charge in [-0.2, -0.15) is 0 Å². The van der Waals surface area contributed by atoms with Crippen molar-refractivity contribution in [2.24, 2.45) is 11.5 Å². The fourth-order valence-electron chi connectivity index (χ4n) is 1.47. The van der Waals surface area contributed by atoms with Crippen LogP contribution >= 0.6 is 0 Å². The van der Waals surface area contributed by atoms with Gasteiger partial charge in [0.25, 0.3) is 0 Å². The number of nitrogens with zero attached hydrogens (tertiary/aromatic N) is 1. The van der Waals surface area contributed by atoms with E-state index in [0.717, 1.165) is 19.5 Å². The molecule has 5 nitrogen and oxygen atoms in total. The van der Waals surface area contributed by atoms with Crippen LogP contribution in [0.25, 0.3) is 0 Å². The molecule has 4 N–H and O–H groups in total. The average Bonchev–Trinajstić information content (AvgIpc) is 2.27. The molecule has 96 valence electrons. The van der Waals surface area contributed by atoms with Gasteiger partial charge in [-0.15, -0.1) is 0 Å². The number of ether oxygens (including phenoxy) is 1. The Morgan fingerprint density at radius 3 is 2.50 bits per heavy atom. The van der Waals surface area contributed by atoms with E-state index >= 15 is 0 Å². The lowest BCUT2D eigenvalue weighted by Crippen LogP contribution is -2.42. The average molecular weight is 231 g/mol. The summed E-state index contributed by atoms with van der Waals surface area (Å²) in [6.07, 6.45) is 1.67. The number of rotatable bonds is 9. The summed E-state index contributed by atoms with van der Waals surface area (Å²) < 4.78 is 5.06. The Balaban J connectivity index is 4.05. The molecule has 2 unspecified atom stereocenters. The van der Waals surface area contributed by atoms with Crippen LogP contribution in [0.5, 0.6) is 0 Å². The number of hydrogen-bond donors (Lipinski definition) is 2. The molecule has 0 aromatic carbocycles. The summed E-state index contributed by atoms with van der Waals surface area (Å²) in [5.74, 6) is -0.434. The highest BCUT2D eigenvalue weighted by atomic mass is 16.5. The van der Waals surface area contributed by atoms with Crippen LogP contribution < -0.4 is 11.5 Å². The van der Waals surface area contributed by atoms with Gasteiger partial charge in [0.2, 0.25) is 5.91 Å². The van der Waals surface area contributed by atoms with Crippen molar-refractivity contribution in [3.63, 3.8) is 0 Å². The van der Waals surface area contributed by atoms with Crippen molar-refractivity contribution in [1.29, 1.82) is 0 Å². The molecule has 0 spiro atoms. The van der Waals surface area contributed by atoms with Crippen molar-refractivity contribution in [1.82, 2.24) is 4.90 Å². The third-order valence-electron chi connectivity index (χ3n) is 2.89. The Hall–Kier alpha value is -0.650. The maximum absolute atomic E-state index is 10.8. The summed E-state index contributed by atoms with van der Waals surface area (Å²) >= 11 is 0. The summed E-state index contributed by atoms with van der Waals surface area (Å²) in [5, 5.41) is 0. The van der Waals surface area contributed by atoms with Gasteiger partial charge in [0.05, 0.1) is 12.6 Å². The van der Waals surface area contributed by atoms with Crippen LogP contribution in [0.3, 0.4) is 0 Å². The summed E-state index contributed by atoms with van der Waals surface area (Å²) in [7, 11) is 1.68. The molecule has 0 saturated heterocycles. The Morgan fingerprint density at radius 2 is 2.06 bits per heavy atom. The van der Waals surface area contributed by atoms with Crippen molar-refractivity contribution < 1.29 is 9.53 Å². The van der Waals surface area contributed by atoms with Crippen LogP contribution in [-0.4, -0.2) is 49.7 Å². The molecule has 0 aliphatic heterocycles. The molecule has 1 amide bonds. The van der Waals surface area contributed by atoms with E-state index in [1.165, 1.54) is 0 Å². The van der Waals surface area contributed by atoms with Crippen LogP contribution in [0.2, 0.25) is 0 Å². The molecule has 5 heteroatoms. The molecule has 0 bridgehead atoms. The van der Waals surface area contributed by atoms with Gasteiger partial charge in [-0.3, -0.25) is 9.69 Å². The molecule has 0 rings (SSSR count). The van der Waals surface area contributed by atoms with E-state index in [0.29, 0.717) is 19.1 Å². The van der Waals surface area contributed by atoms with Gasteiger partial charge in [0, 0.05) is 26.2 Å². The lowest BCUT2D eigenvalue weighted by atomic mass is 10.1. The van der Waals surface area contributed by atoms with Crippen LogP contribution in [0, 0.1) is 0 Å². The molecule has 0 radical (unpaired) electrons. The Labute approximate surface area is 98.1 Å². The van der Waals surface area contributed by atoms with Crippen molar-refractivity contribution >= 4 is 5.91 Å². The van der Waals surface area contributed by atoms with Crippen molar-refractivity contribution in [3.05, 3.63) is 0 Å². The maximum Gasteiger partial charge on any atom is 0.234 e. The summed E-state index contributed by atoms with van der Waals surface area (Å²) in [6.45, 7) is 6.62. The predicted molar refractivity (Wildman–Crippen MR) is 65.0 cm³/mol. The zero-order valence-electron chi connectivity index (χ0n) is 10.6. The molecular weight excluding hydrogens is 206 g/mol. The first-order chi connectivity index (χ1) is 7.52. The highest BCUT2D eigenvalue weighted by Gasteiger charge is 2.15. The Bertz CT molecular complexity index is 200. The number of carbonyl (C=O) groups excluding carboxylic acids is 1. The Kier molecular flexibility index (Phi) is 8.15. The van der Waals surface area contributed by atoms with E-state index in [-0.39, 0.29) is 0 Å². The number of nitrogens with two attached hydrogens (primary N) is 2. The van der Waals surface area contributed by atoms with Crippen LogP contribution in [0.15, 0.2) is 0 Å². The zero-order valence-corrected chi connectivity index (χ0v) is 10.6. The highest BCUT2D eigenvalue weighted by molar-refractivity contribution is 5.79. The lowest BCUT2D eigenvalue weighted by molar-refractivity contribution is -0.119. The third-order valence-corrected chi connectivity index (χ3v) is 2.89. The zero-order chi connectivity index (χ0) is 12.6. The minimum absolute atomic E-state index is 0.434. The third kappa shape index (κ3) is 6.05. The van der Waals surface area contributed by atoms with Gasteiger partial charge in [0.15, 0.2) is 0 Å². The Morgan fingerprint density at radius 1 is 1.44 bits per heavy atom. The number of carbonyl (C=O) groups is 1. The SMILES string of the molecule is CCC(C)N(CCOC)CCC(N)C(N)=O. The van der Waals surface area contributed by atoms with E-state index in [1.54, 1.807) is 7.11 Å². The topological polar surface area (TPSA) is 81.6 Å². The molecule has 16 heavy (non-hydrogen) atoms. The fourth-order valence-corrected chi connectivity index (χ4v) is 1.47. The summed E-state index contributed by atoms with van der Waals surface area (Å²) in [4.78, 5) is 13.1. The standard InChI is InChI=1S/C11H25N3O2/c1-4-9(2)14(7-8-16-3)6-5-10(12)11(13)15/h9-10H,4-8,12H2,1-3H3,(H2,13,15). The van der Waals surface area contributed by atoms with E-state index in [1.807, 2.05) is 0 Å². The molecule has 0 fully saturated rings. The minimum Gasteiger partial charge on any atom is -0.383 e. The second-order valence-corrected chi connectivity index (χ2v) is 4.08. The normalized spacial score (nSPS) is 15.1. The van der Waals surface area contributed by atoms with Crippen LogP contribution in [-0.2, 0) is 9.53 Å². The van der Waals surface area contributed by atoms with Gasteiger partial charge in [-0.1, -0.05) is 6.92 Å². The molecule has 2 atom stereocenters. The second kappa shape index (κ2) is 8.50. The van der Waals surface area contributed by atoms with Gasteiger partial charge < -0.3 is 16.2 Å². The number of primary amides is 1. The van der Waals surface area contributed by atoms with Crippen LogP contribution in [0.4, 0.5) is 0 Å². The molecule has 0 aromatic rings. The van der Waals surface area contributed by atoms with Gasteiger partial charge in [0.1, 0.15) is 0 Å². The molecule has 0 saturated carbocycles. The van der Waals surface area contributed by atoms with E-state index in [2.05, 4.69) is 18.7 Å². The van der Waals surface area contributed by atoms with E-state index < -0.39 is 11.9 Å². The molecule has 0 aromatic heterocycles. The quantitative estimate of drug-likeness (QED) is 0.582. The van der Waals surface area contributed by atoms with Crippen LogP contribution in [0.1, 0.15) is 26.7 Å². The molecule has 0 aliphatic rings. The van der Waals surface area contributed by atoms with Crippen molar-refractivity contribution in [2.75, 3.05) is 26.8 Å². The molecule has 0 aliphatic carbocycles. The highest BCUT2D eigenvalue weighted by Crippen LogP contribution is 2.05.